The number of hydrogen-bond donors (Lipinski definition) is 3. The van der Waals surface area contributed by atoms with E-state index in [1.165, 1.54) is 11.6 Å². The van der Waals surface area contributed by atoms with E-state index in [9.17, 15) is 20.0 Å². The van der Waals surface area contributed by atoms with Gasteiger partial charge in [-0.2, -0.15) is 5.26 Å². The van der Waals surface area contributed by atoms with E-state index in [1.807, 2.05) is 12.1 Å². The van der Waals surface area contributed by atoms with Crippen LogP contribution in [0.25, 0.3) is 11.1 Å². The van der Waals surface area contributed by atoms with Crippen molar-refractivity contribution in [2.24, 2.45) is 0 Å². The van der Waals surface area contributed by atoms with Crippen molar-refractivity contribution in [3.8, 4) is 17.2 Å². The van der Waals surface area contributed by atoms with Gasteiger partial charge in [0.05, 0.1) is 44.1 Å². The molecule has 2 saturated heterocycles. The molecule has 43 heavy (non-hydrogen) atoms. The van der Waals surface area contributed by atoms with Gasteiger partial charge in [0, 0.05) is 19.5 Å². The molecule has 2 atom stereocenters. The summed E-state index contributed by atoms with van der Waals surface area (Å²) in [5.74, 6) is -1.36. The predicted molar refractivity (Wildman–Crippen MR) is 155 cm³/mol. The van der Waals surface area contributed by atoms with E-state index in [0.29, 0.717) is 18.2 Å². The molecule has 0 radical (unpaired) electrons. The number of aliphatic hydroxyl groups excluding tert-OH is 1. The van der Waals surface area contributed by atoms with Crippen LogP contribution in [0.3, 0.4) is 0 Å². The highest BCUT2D eigenvalue weighted by Gasteiger charge is 2.44. The average molecular weight is 595 g/mol. The lowest BCUT2D eigenvalue weighted by molar-refractivity contribution is -0.129. The van der Waals surface area contributed by atoms with Gasteiger partial charge in [0.2, 0.25) is 0 Å². The number of nitrogens with zero attached hydrogens (tertiary/aromatic N) is 2. The number of rotatable bonds is 8. The van der Waals surface area contributed by atoms with Gasteiger partial charge in [0.15, 0.2) is 0 Å². The quantitative estimate of drug-likeness (QED) is 0.425. The Morgan fingerprint density at radius 2 is 1.88 bits per heavy atom. The molecule has 3 aliphatic heterocycles. The standard InChI is InChI=1S/C32H39FN4O6/c1-31(2,3)43-30(40)35-16-28(38)29(39)36-24(15-34)12-22-6-4-21(14-27(22)33)20-5-7-23-17-42-32(26(23)13-20)8-10-37(11-9-32)25-18-41-19-25/h4-7,13-14,24-25,28,38H,8-12,16-19H2,1-3H3,(H,35,40)(H,36,39)/t24-,28-/m0/s1. The van der Waals surface area contributed by atoms with Crippen molar-refractivity contribution < 1.29 is 33.3 Å². The molecule has 1 spiro atoms. The number of nitrogens with one attached hydrogen (secondary N) is 2. The predicted octanol–water partition coefficient (Wildman–Crippen LogP) is 3.15. The van der Waals surface area contributed by atoms with Crippen LogP contribution >= 0.6 is 0 Å². The SMILES string of the molecule is CC(C)(C)OC(=O)NC[C@H](O)C(=O)N[C@H](C#N)Cc1ccc(-c2ccc3c(c2)C2(CCN(C4COC4)CC2)OC3)cc1F. The molecule has 11 heteroatoms. The second-order valence-electron chi connectivity index (χ2n) is 12.5. The molecule has 0 saturated carbocycles. The van der Waals surface area contributed by atoms with E-state index in [0.717, 1.165) is 50.3 Å². The molecular weight excluding hydrogens is 555 g/mol. The van der Waals surface area contributed by atoms with Crippen LogP contribution in [0.15, 0.2) is 36.4 Å². The maximum atomic E-state index is 15.3. The van der Waals surface area contributed by atoms with Crippen LogP contribution in [0.1, 0.15) is 50.3 Å². The van der Waals surface area contributed by atoms with E-state index < -0.39 is 42.1 Å². The summed E-state index contributed by atoms with van der Waals surface area (Å²) >= 11 is 0. The maximum absolute atomic E-state index is 15.3. The summed E-state index contributed by atoms with van der Waals surface area (Å²) < 4.78 is 32.1. The van der Waals surface area contributed by atoms with Gasteiger partial charge in [0.1, 0.15) is 23.6 Å². The topological polar surface area (TPSA) is 133 Å². The molecule has 2 fully saturated rings. The Kier molecular flexibility index (Phi) is 9.04. The third kappa shape index (κ3) is 7.16. The van der Waals surface area contributed by atoms with Crippen LogP contribution in [0, 0.1) is 17.1 Å². The summed E-state index contributed by atoms with van der Waals surface area (Å²) in [5.41, 5.74) is 3.12. The molecule has 3 aliphatic rings. The van der Waals surface area contributed by atoms with Gasteiger partial charge >= 0.3 is 6.09 Å². The monoisotopic (exact) mass is 594 g/mol. The number of amides is 2. The zero-order chi connectivity index (χ0) is 30.8. The minimum absolute atomic E-state index is 0.0930. The number of likely N-dealkylation sites (tertiary alicyclic amines) is 1. The van der Waals surface area contributed by atoms with Crippen LogP contribution in [-0.2, 0) is 37.6 Å². The molecule has 230 valence electrons. The molecule has 2 aromatic rings. The second kappa shape index (κ2) is 12.6. The highest BCUT2D eigenvalue weighted by atomic mass is 19.1. The van der Waals surface area contributed by atoms with Crippen molar-refractivity contribution in [2.45, 2.75) is 76.0 Å². The number of halogens is 1. The summed E-state index contributed by atoms with van der Waals surface area (Å²) in [6.07, 6.45) is -0.679. The first-order valence-electron chi connectivity index (χ1n) is 14.7. The highest BCUT2D eigenvalue weighted by molar-refractivity contribution is 5.82. The first-order chi connectivity index (χ1) is 20.5. The first kappa shape index (κ1) is 30.9. The van der Waals surface area contributed by atoms with E-state index in [-0.39, 0.29) is 17.6 Å². The molecule has 0 bridgehead atoms. The molecule has 0 unspecified atom stereocenters. The third-order valence-corrected chi connectivity index (χ3v) is 8.27. The lowest BCUT2D eigenvalue weighted by Crippen LogP contribution is -2.54. The minimum atomic E-state index is -1.61. The number of benzene rings is 2. The Morgan fingerprint density at radius 1 is 1.19 bits per heavy atom. The number of aliphatic hydroxyl groups is 1. The van der Waals surface area contributed by atoms with Crippen molar-refractivity contribution in [2.75, 3.05) is 32.8 Å². The van der Waals surface area contributed by atoms with Gasteiger partial charge in [-0.05, 0) is 73.6 Å². The average Bonchev–Trinajstić information content (AvgIpc) is 3.28. The smallest absolute Gasteiger partial charge is 0.407 e. The van der Waals surface area contributed by atoms with Crippen molar-refractivity contribution in [1.82, 2.24) is 15.5 Å². The first-order valence-corrected chi connectivity index (χ1v) is 14.7. The molecule has 5 rings (SSSR count). The second-order valence-corrected chi connectivity index (χ2v) is 12.5. The normalized spacial score (nSPS) is 19.5. The largest absolute Gasteiger partial charge is 0.444 e. The summed E-state index contributed by atoms with van der Waals surface area (Å²) in [4.78, 5) is 26.6. The Morgan fingerprint density at radius 3 is 2.51 bits per heavy atom. The molecule has 0 aromatic heterocycles. The molecular formula is C32H39FN4O6. The van der Waals surface area contributed by atoms with Crippen molar-refractivity contribution in [3.63, 3.8) is 0 Å². The van der Waals surface area contributed by atoms with Crippen LogP contribution in [-0.4, -0.2) is 78.6 Å². The van der Waals surface area contributed by atoms with Crippen LogP contribution in [0.4, 0.5) is 9.18 Å². The number of carbonyl (C=O) groups is 2. The van der Waals surface area contributed by atoms with Crippen LogP contribution < -0.4 is 10.6 Å². The number of alkyl carbamates (subject to hydrolysis) is 1. The summed E-state index contributed by atoms with van der Waals surface area (Å²) in [7, 11) is 0. The zero-order valence-electron chi connectivity index (χ0n) is 24.8. The summed E-state index contributed by atoms with van der Waals surface area (Å²) in [5, 5.41) is 24.4. The minimum Gasteiger partial charge on any atom is -0.444 e. The fourth-order valence-electron chi connectivity index (χ4n) is 5.79. The highest BCUT2D eigenvalue weighted by Crippen LogP contribution is 2.46. The fourth-order valence-corrected chi connectivity index (χ4v) is 5.79. The Balaban J connectivity index is 1.20. The van der Waals surface area contributed by atoms with E-state index >= 15 is 4.39 Å². The Bertz CT molecular complexity index is 1390. The van der Waals surface area contributed by atoms with Gasteiger partial charge < -0.3 is 30.0 Å². The molecule has 2 amide bonds. The molecule has 3 N–H and O–H groups in total. The summed E-state index contributed by atoms with van der Waals surface area (Å²) in [6.45, 7) is 8.73. The van der Waals surface area contributed by atoms with Crippen molar-refractivity contribution in [3.05, 3.63) is 58.9 Å². The lowest BCUT2D eigenvalue weighted by Gasteiger charge is -2.45. The number of ether oxygens (including phenoxy) is 3. The van der Waals surface area contributed by atoms with Gasteiger partial charge in [-0.15, -0.1) is 0 Å². The molecule has 3 heterocycles. The molecule has 2 aromatic carbocycles. The van der Waals surface area contributed by atoms with Gasteiger partial charge in [-0.25, -0.2) is 9.18 Å². The number of carbonyl (C=O) groups excluding carboxylic acids is 2. The summed E-state index contributed by atoms with van der Waals surface area (Å²) in [6, 6.07) is 12.4. The third-order valence-electron chi connectivity index (χ3n) is 8.27. The van der Waals surface area contributed by atoms with Gasteiger partial charge in [0.25, 0.3) is 5.91 Å². The maximum Gasteiger partial charge on any atom is 0.407 e. The van der Waals surface area contributed by atoms with E-state index in [1.54, 1.807) is 32.9 Å². The van der Waals surface area contributed by atoms with E-state index in [4.69, 9.17) is 14.2 Å². The zero-order valence-corrected chi connectivity index (χ0v) is 24.8. The molecule has 0 aliphatic carbocycles. The van der Waals surface area contributed by atoms with Crippen LogP contribution in [0.5, 0.6) is 0 Å². The number of piperidine rings is 1. The van der Waals surface area contributed by atoms with Gasteiger partial charge in [-0.1, -0.05) is 24.3 Å². The number of fused-ring (bicyclic) bond motifs is 2. The Labute approximate surface area is 251 Å². The van der Waals surface area contributed by atoms with Crippen molar-refractivity contribution in [1.29, 1.82) is 5.26 Å². The Hall–Kier alpha value is -3.56. The van der Waals surface area contributed by atoms with E-state index in [2.05, 4.69) is 27.7 Å². The van der Waals surface area contributed by atoms with Crippen molar-refractivity contribution >= 4 is 12.0 Å². The number of nitriles is 1. The van der Waals surface area contributed by atoms with Crippen LogP contribution in [0.2, 0.25) is 0 Å². The van der Waals surface area contributed by atoms with Gasteiger partial charge in [-0.3, -0.25) is 9.69 Å². The fraction of sp³-hybridized carbons (Fsp3) is 0.531. The number of hydrogen-bond acceptors (Lipinski definition) is 8. The lowest BCUT2D eigenvalue weighted by atomic mass is 9.82. The molecule has 10 nitrogen and oxygen atoms in total.